The van der Waals surface area contributed by atoms with Crippen LogP contribution in [0.25, 0.3) is 11.3 Å². The fourth-order valence-electron chi connectivity index (χ4n) is 2.80. The summed E-state index contributed by atoms with van der Waals surface area (Å²) in [5, 5.41) is 12.2. The fourth-order valence-corrected chi connectivity index (χ4v) is 2.92. The first-order chi connectivity index (χ1) is 13.5. The molecule has 2 aromatic carbocycles. The van der Waals surface area contributed by atoms with Crippen LogP contribution in [0.2, 0.25) is 5.02 Å². The summed E-state index contributed by atoms with van der Waals surface area (Å²) in [5.41, 5.74) is 2.59. The molecule has 0 unspecified atom stereocenters. The van der Waals surface area contributed by atoms with Gasteiger partial charge in [0, 0.05) is 16.3 Å². The Morgan fingerprint density at radius 2 is 1.82 bits per heavy atom. The monoisotopic (exact) mass is 393 g/mol. The number of rotatable bonds is 7. The molecule has 0 atom stereocenters. The number of nitrogens with zero attached hydrogens (tertiary/aromatic N) is 2. The van der Waals surface area contributed by atoms with Gasteiger partial charge in [0.15, 0.2) is 0 Å². The maximum absolute atomic E-state index is 12.2. The van der Waals surface area contributed by atoms with Gasteiger partial charge in [0.2, 0.25) is 5.91 Å². The summed E-state index contributed by atoms with van der Waals surface area (Å²) in [5.74, 6) is 1.43. The van der Waals surface area contributed by atoms with E-state index in [1.807, 2.05) is 60.5 Å². The van der Waals surface area contributed by atoms with Crippen LogP contribution in [0.5, 0.6) is 0 Å². The quantitative estimate of drug-likeness (QED) is 0.629. The minimum atomic E-state index is -0.111. The van der Waals surface area contributed by atoms with Crippen molar-refractivity contribution < 1.29 is 9.21 Å². The molecule has 28 heavy (non-hydrogen) atoms. The molecule has 0 aliphatic heterocycles. The summed E-state index contributed by atoms with van der Waals surface area (Å²) in [7, 11) is 1.86. The Bertz CT molecular complexity index is 972. The lowest BCUT2D eigenvalue weighted by Crippen LogP contribution is -2.29. The van der Waals surface area contributed by atoms with Gasteiger partial charge in [-0.3, -0.25) is 9.69 Å². The third-order valence-corrected chi connectivity index (χ3v) is 4.40. The van der Waals surface area contributed by atoms with Gasteiger partial charge in [0.05, 0.1) is 25.6 Å². The fraction of sp³-hybridized carbons (Fsp3) is 0.182. The smallest absolute Gasteiger partial charge is 0.238 e. The van der Waals surface area contributed by atoms with E-state index in [-0.39, 0.29) is 12.5 Å². The molecule has 0 aliphatic carbocycles. The maximum Gasteiger partial charge on any atom is 0.238 e. The zero-order valence-corrected chi connectivity index (χ0v) is 16.2. The molecule has 0 fully saturated rings. The SMILES string of the molecule is CN(CC(=O)Nc1ccc(CC#N)cc1)Cc1ccc(-c2ccc(Cl)cc2)o1. The number of hydrogen-bond acceptors (Lipinski definition) is 4. The van der Waals surface area contributed by atoms with Crippen molar-refractivity contribution in [2.75, 3.05) is 18.9 Å². The third kappa shape index (κ3) is 5.46. The van der Waals surface area contributed by atoms with Crippen molar-refractivity contribution in [3.05, 3.63) is 77.0 Å². The first-order valence-corrected chi connectivity index (χ1v) is 9.20. The van der Waals surface area contributed by atoms with Crippen LogP contribution in [0.3, 0.4) is 0 Å². The number of carbonyl (C=O) groups excluding carboxylic acids is 1. The van der Waals surface area contributed by atoms with E-state index in [9.17, 15) is 4.79 Å². The molecule has 6 heteroatoms. The summed E-state index contributed by atoms with van der Waals surface area (Å²) in [4.78, 5) is 14.1. The normalized spacial score (nSPS) is 10.6. The Morgan fingerprint density at radius 3 is 2.50 bits per heavy atom. The van der Waals surface area contributed by atoms with E-state index in [4.69, 9.17) is 21.3 Å². The minimum absolute atomic E-state index is 0.111. The molecular formula is C22H20ClN3O2. The number of hydrogen-bond donors (Lipinski definition) is 1. The van der Waals surface area contributed by atoms with Crippen LogP contribution in [0.15, 0.2) is 65.1 Å². The Morgan fingerprint density at radius 1 is 1.11 bits per heavy atom. The average Bonchev–Trinajstić information content (AvgIpc) is 3.12. The standard InChI is InChI=1S/C22H20ClN3O2/c1-26(15-22(27)25-19-8-2-16(3-9-19)12-13-24)14-20-10-11-21(28-20)17-4-6-18(23)7-5-17/h2-11H,12,14-15H2,1H3,(H,25,27). The number of nitriles is 1. The van der Waals surface area contributed by atoms with E-state index in [0.717, 1.165) is 22.6 Å². The molecule has 3 aromatic rings. The second-order valence-electron chi connectivity index (χ2n) is 6.53. The van der Waals surface area contributed by atoms with Crippen molar-refractivity contribution in [1.29, 1.82) is 5.26 Å². The van der Waals surface area contributed by atoms with Crippen LogP contribution in [0, 0.1) is 11.3 Å². The Hall–Kier alpha value is -3.07. The van der Waals surface area contributed by atoms with Crippen LogP contribution in [-0.4, -0.2) is 24.4 Å². The van der Waals surface area contributed by atoms with Crippen molar-refractivity contribution in [2.45, 2.75) is 13.0 Å². The van der Waals surface area contributed by atoms with Crippen molar-refractivity contribution in [1.82, 2.24) is 4.90 Å². The Kier molecular flexibility index (Phi) is 6.49. The van der Waals surface area contributed by atoms with Gasteiger partial charge in [0.25, 0.3) is 0 Å². The molecule has 3 rings (SSSR count). The van der Waals surface area contributed by atoms with Crippen molar-refractivity contribution in [3.63, 3.8) is 0 Å². The van der Waals surface area contributed by atoms with Gasteiger partial charge in [-0.05, 0) is 61.1 Å². The number of furan rings is 1. The van der Waals surface area contributed by atoms with Gasteiger partial charge in [-0.25, -0.2) is 0 Å². The van der Waals surface area contributed by atoms with Crippen LogP contribution in [-0.2, 0) is 17.8 Å². The molecule has 0 saturated carbocycles. The molecule has 1 heterocycles. The van der Waals surface area contributed by atoms with E-state index in [2.05, 4.69) is 11.4 Å². The molecular weight excluding hydrogens is 374 g/mol. The van der Waals surface area contributed by atoms with Gasteiger partial charge >= 0.3 is 0 Å². The number of amides is 1. The largest absolute Gasteiger partial charge is 0.460 e. The molecule has 0 aliphatic rings. The van der Waals surface area contributed by atoms with Crippen LogP contribution >= 0.6 is 11.6 Å². The summed E-state index contributed by atoms with van der Waals surface area (Å²) in [6.45, 7) is 0.749. The number of nitrogens with one attached hydrogen (secondary N) is 1. The zero-order chi connectivity index (χ0) is 19.9. The number of likely N-dealkylation sites (N-methyl/N-ethyl adjacent to an activating group) is 1. The molecule has 0 radical (unpaired) electrons. The van der Waals surface area contributed by atoms with Crippen molar-refractivity contribution >= 4 is 23.2 Å². The third-order valence-electron chi connectivity index (χ3n) is 4.15. The van der Waals surface area contributed by atoms with Gasteiger partial charge in [0.1, 0.15) is 11.5 Å². The van der Waals surface area contributed by atoms with Crippen LogP contribution in [0.1, 0.15) is 11.3 Å². The van der Waals surface area contributed by atoms with Crippen molar-refractivity contribution in [3.8, 4) is 17.4 Å². The Labute approximate surface area is 169 Å². The molecule has 0 saturated heterocycles. The molecule has 1 amide bonds. The predicted octanol–water partition coefficient (Wildman–Crippen LogP) is 4.74. The van der Waals surface area contributed by atoms with Gasteiger partial charge in [-0.2, -0.15) is 5.26 Å². The zero-order valence-electron chi connectivity index (χ0n) is 15.5. The summed E-state index contributed by atoms with van der Waals surface area (Å²) in [6, 6.07) is 20.7. The number of anilines is 1. The number of halogens is 1. The lowest BCUT2D eigenvalue weighted by Gasteiger charge is -2.15. The minimum Gasteiger partial charge on any atom is -0.460 e. The van der Waals surface area contributed by atoms with E-state index in [1.54, 1.807) is 12.1 Å². The molecule has 0 bridgehead atoms. The van der Waals surface area contributed by atoms with E-state index >= 15 is 0 Å². The molecule has 142 valence electrons. The predicted molar refractivity (Wildman–Crippen MR) is 110 cm³/mol. The number of benzene rings is 2. The second kappa shape index (κ2) is 9.23. The van der Waals surface area contributed by atoms with Crippen LogP contribution in [0.4, 0.5) is 5.69 Å². The van der Waals surface area contributed by atoms with E-state index in [1.165, 1.54) is 0 Å². The summed E-state index contributed by atoms with van der Waals surface area (Å²) in [6.07, 6.45) is 0.359. The molecule has 5 nitrogen and oxygen atoms in total. The lowest BCUT2D eigenvalue weighted by atomic mass is 10.1. The van der Waals surface area contributed by atoms with Gasteiger partial charge < -0.3 is 9.73 Å². The average molecular weight is 394 g/mol. The lowest BCUT2D eigenvalue weighted by molar-refractivity contribution is -0.117. The van der Waals surface area contributed by atoms with Crippen LogP contribution < -0.4 is 5.32 Å². The first kappa shape index (κ1) is 19.7. The highest BCUT2D eigenvalue weighted by atomic mass is 35.5. The summed E-state index contributed by atoms with van der Waals surface area (Å²) >= 11 is 5.91. The highest BCUT2D eigenvalue weighted by Gasteiger charge is 2.11. The topological polar surface area (TPSA) is 69.3 Å². The highest BCUT2D eigenvalue weighted by molar-refractivity contribution is 6.30. The van der Waals surface area contributed by atoms with Gasteiger partial charge in [-0.1, -0.05) is 23.7 Å². The van der Waals surface area contributed by atoms with E-state index < -0.39 is 0 Å². The highest BCUT2D eigenvalue weighted by Crippen LogP contribution is 2.24. The Balaban J connectivity index is 1.52. The molecule has 1 aromatic heterocycles. The molecule has 1 N–H and O–H groups in total. The van der Waals surface area contributed by atoms with Gasteiger partial charge in [-0.15, -0.1) is 0 Å². The summed E-state index contributed by atoms with van der Waals surface area (Å²) < 4.78 is 5.87. The van der Waals surface area contributed by atoms with Crippen molar-refractivity contribution in [2.24, 2.45) is 0 Å². The second-order valence-corrected chi connectivity index (χ2v) is 6.96. The maximum atomic E-state index is 12.2. The molecule has 0 spiro atoms. The first-order valence-electron chi connectivity index (χ1n) is 8.82. The van der Waals surface area contributed by atoms with E-state index in [0.29, 0.717) is 23.7 Å². The number of carbonyl (C=O) groups is 1.